The zero-order valence-electron chi connectivity index (χ0n) is 10.8. The Morgan fingerprint density at radius 3 is 2.84 bits per heavy atom. The highest BCUT2D eigenvalue weighted by Gasteiger charge is 2.16. The second-order valence-electron chi connectivity index (χ2n) is 4.46. The first-order valence-electron chi connectivity index (χ1n) is 6.41. The van der Waals surface area contributed by atoms with Crippen LogP contribution in [0.2, 0.25) is 0 Å². The molecule has 1 atom stereocenters. The molecule has 0 bridgehead atoms. The minimum Gasteiger partial charge on any atom is -0.469 e. The zero-order valence-corrected chi connectivity index (χ0v) is 13.0. The van der Waals surface area contributed by atoms with Gasteiger partial charge in [-0.1, -0.05) is 13.0 Å². The van der Waals surface area contributed by atoms with Crippen LogP contribution in [0.3, 0.4) is 0 Å². The van der Waals surface area contributed by atoms with Crippen LogP contribution in [0.15, 0.2) is 41.0 Å². The maximum absolute atomic E-state index is 13.2. The normalized spacial score (nSPS) is 12.6. The molecule has 0 aliphatic heterocycles. The number of halogens is 2. The lowest BCUT2D eigenvalue weighted by atomic mass is 10.0. The van der Waals surface area contributed by atoms with Gasteiger partial charge in [-0.15, -0.1) is 0 Å². The maximum atomic E-state index is 13.2. The van der Waals surface area contributed by atoms with Crippen LogP contribution >= 0.6 is 22.6 Å². The van der Waals surface area contributed by atoms with Gasteiger partial charge in [-0.25, -0.2) is 4.39 Å². The van der Waals surface area contributed by atoms with Crippen LogP contribution in [0.5, 0.6) is 0 Å². The molecule has 1 heterocycles. The summed E-state index contributed by atoms with van der Waals surface area (Å²) in [4.78, 5) is 0. The van der Waals surface area contributed by atoms with E-state index in [4.69, 9.17) is 4.42 Å². The van der Waals surface area contributed by atoms with Crippen molar-refractivity contribution in [1.82, 2.24) is 5.32 Å². The van der Waals surface area contributed by atoms with Crippen molar-refractivity contribution in [2.75, 3.05) is 6.54 Å². The van der Waals surface area contributed by atoms with E-state index in [1.54, 1.807) is 12.3 Å². The van der Waals surface area contributed by atoms with Crippen LogP contribution in [-0.4, -0.2) is 6.54 Å². The van der Waals surface area contributed by atoms with Crippen LogP contribution in [0.1, 0.15) is 30.7 Å². The summed E-state index contributed by atoms with van der Waals surface area (Å²) in [5, 5.41) is 3.50. The Hall–Kier alpha value is -0.880. The van der Waals surface area contributed by atoms with Crippen LogP contribution in [0.4, 0.5) is 4.39 Å². The van der Waals surface area contributed by atoms with Crippen molar-refractivity contribution >= 4 is 22.6 Å². The summed E-state index contributed by atoms with van der Waals surface area (Å²) in [6, 6.07) is 8.95. The van der Waals surface area contributed by atoms with Gasteiger partial charge in [-0.05, 0) is 65.4 Å². The third kappa shape index (κ3) is 4.04. The van der Waals surface area contributed by atoms with E-state index in [0.29, 0.717) is 0 Å². The minimum atomic E-state index is -0.194. The van der Waals surface area contributed by atoms with Gasteiger partial charge in [0.05, 0.1) is 6.26 Å². The molecule has 2 aromatic rings. The predicted molar refractivity (Wildman–Crippen MR) is 82.6 cm³/mol. The summed E-state index contributed by atoms with van der Waals surface area (Å²) in [5.74, 6) is 0.745. The van der Waals surface area contributed by atoms with Crippen LogP contribution in [0, 0.1) is 9.39 Å². The molecular formula is C15H17FINO. The lowest BCUT2D eigenvalue weighted by molar-refractivity contribution is 0.448. The summed E-state index contributed by atoms with van der Waals surface area (Å²) in [7, 11) is 0. The molecule has 0 aliphatic rings. The topological polar surface area (TPSA) is 25.2 Å². The molecular weight excluding hydrogens is 356 g/mol. The van der Waals surface area contributed by atoms with E-state index < -0.39 is 0 Å². The minimum absolute atomic E-state index is 0.151. The van der Waals surface area contributed by atoms with Crippen LogP contribution in [-0.2, 0) is 6.42 Å². The largest absolute Gasteiger partial charge is 0.469 e. The summed E-state index contributed by atoms with van der Waals surface area (Å²) >= 11 is 2.18. The van der Waals surface area contributed by atoms with Crippen molar-refractivity contribution in [2.45, 2.75) is 25.8 Å². The summed E-state index contributed by atoms with van der Waals surface area (Å²) < 4.78 is 19.6. The lowest BCUT2D eigenvalue weighted by Crippen LogP contribution is -2.24. The highest BCUT2D eigenvalue weighted by atomic mass is 127. The Bertz CT molecular complexity index is 513. The number of hydrogen-bond acceptors (Lipinski definition) is 2. The Kier molecular flexibility index (Phi) is 5.39. The zero-order chi connectivity index (χ0) is 13.7. The second-order valence-corrected chi connectivity index (χ2v) is 5.62. The van der Waals surface area contributed by atoms with Crippen molar-refractivity contribution in [1.29, 1.82) is 0 Å². The highest BCUT2D eigenvalue weighted by Crippen LogP contribution is 2.24. The van der Waals surface area contributed by atoms with Gasteiger partial charge >= 0.3 is 0 Å². The molecule has 4 heteroatoms. The molecule has 1 N–H and O–H groups in total. The van der Waals surface area contributed by atoms with Crippen molar-refractivity contribution in [3.8, 4) is 0 Å². The molecule has 0 saturated carbocycles. The SMILES string of the molecule is CCCNC(Cc1ccco1)c1ccc(F)cc1I. The van der Waals surface area contributed by atoms with E-state index in [9.17, 15) is 4.39 Å². The lowest BCUT2D eigenvalue weighted by Gasteiger charge is -2.19. The molecule has 0 spiro atoms. The summed E-state index contributed by atoms with van der Waals surface area (Å²) in [5.41, 5.74) is 1.12. The Labute approximate surface area is 126 Å². The highest BCUT2D eigenvalue weighted by molar-refractivity contribution is 14.1. The number of furan rings is 1. The van der Waals surface area contributed by atoms with E-state index in [1.807, 2.05) is 18.2 Å². The van der Waals surface area contributed by atoms with Gasteiger partial charge in [0.2, 0.25) is 0 Å². The van der Waals surface area contributed by atoms with Gasteiger partial charge in [0.25, 0.3) is 0 Å². The van der Waals surface area contributed by atoms with Gasteiger partial charge < -0.3 is 9.73 Å². The van der Waals surface area contributed by atoms with Gasteiger partial charge in [-0.2, -0.15) is 0 Å². The molecule has 2 nitrogen and oxygen atoms in total. The molecule has 0 fully saturated rings. The number of hydrogen-bond donors (Lipinski definition) is 1. The van der Waals surface area contributed by atoms with Crippen molar-refractivity contribution in [3.63, 3.8) is 0 Å². The second kappa shape index (κ2) is 7.05. The molecule has 1 aromatic carbocycles. The molecule has 1 unspecified atom stereocenters. The van der Waals surface area contributed by atoms with Crippen LogP contribution < -0.4 is 5.32 Å². The Morgan fingerprint density at radius 1 is 1.37 bits per heavy atom. The van der Waals surface area contributed by atoms with Crippen molar-refractivity contribution in [3.05, 3.63) is 57.3 Å². The van der Waals surface area contributed by atoms with E-state index in [0.717, 1.165) is 34.3 Å². The fraction of sp³-hybridized carbons (Fsp3) is 0.333. The fourth-order valence-electron chi connectivity index (χ4n) is 2.02. The molecule has 0 aliphatic carbocycles. The third-order valence-corrected chi connectivity index (χ3v) is 3.90. The van der Waals surface area contributed by atoms with E-state index >= 15 is 0 Å². The van der Waals surface area contributed by atoms with E-state index in [-0.39, 0.29) is 11.9 Å². The smallest absolute Gasteiger partial charge is 0.124 e. The van der Waals surface area contributed by atoms with Crippen LogP contribution in [0.25, 0.3) is 0 Å². The monoisotopic (exact) mass is 373 g/mol. The number of benzene rings is 1. The first-order chi connectivity index (χ1) is 9.20. The first kappa shape index (κ1) is 14.5. The van der Waals surface area contributed by atoms with Crippen molar-refractivity contribution < 1.29 is 8.81 Å². The molecule has 102 valence electrons. The molecule has 2 rings (SSSR count). The number of nitrogens with one attached hydrogen (secondary N) is 1. The summed E-state index contributed by atoms with van der Waals surface area (Å²) in [6.45, 7) is 3.06. The summed E-state index contributed by atoms with van der Waals surface area (Å²) in [6.07, 6.45) is 3.52. The average molecular weight is 373 g/mol. The van der Waals surface area contributed by atoms with E-state index in [2.05, 4.69) is 34.8 Å². The molecule has 1 aromatic heterocycles. The van der Waals surface area contributed by atoms with Gasteiger partial charge in [0.1, 0.15) is 11.6 Å². The predicted octanol–water partition coefficient (Wildman–Crippen LogP) is 4.31. The Balaban J connectivity index is 2.20. The Morgan fingerprint density at radius 2 is 2.21 bits per heavy atom. The third-order valence-electron chi connectivity index (χ3n) is 2.96. The average Bonchev–Trinajstić information content (AvgIpc) is 2.88. The molecule has 19 heavy (non-hydrogen) atoms. The number of rotatable bonds is 6. The van der Waals surface area contributed by atoms with Gasteiger partial charge in [0.15, 0.2) is 0 Å². The maximum Gasteiger partial charge on any atom is 0.124 e. The van der Waals surface area contributed by atoms with E-state index in [1.165, 1.54) is 6.07 Å². The first-order valence-corrected chi connectivity index (χ1v) is 7.49. The fourth-order valence-corrected chi connectivity index (χ4v) is 2.88. The van der Waals surface area contributed by atoms with Gasteiger partial charge in [-0.3, -0.25) is 0 Å². The standard InChI is InChI=1S/C15H17FINO/c1-2-7-18-15(10-12-4-3-8-19-12)13-6-5-11(16)9-14(13)17/h3-6,8-9,15,18H,2,7,10H2,1H3. The quantitative estimate of drug-likeness (QED) is 0.764. The molecule has 0 radical (unpaired) electrons. The van der Waals surface area contributed by atoms with Crippen molar-refractivity contribution in [2.24, 2.45) is 0 Å². The molecule has 0 saturated heterocycles. The molecule has 0 amide bonds. The van der Waals surface area contributed by atoms with Gasteiger partial charge in [0, 0.05) is 16.0 Å².